The van der Waals surface area contributed by atoms with Gasteiger partial charge in [0, 0.05) is 24.8 Å². The lowest BCUT2D eigenvalue weighted by Gasteiger charge is -2.26. The van der Waals surface area contributed by atoms with Crippen molar-refractivity contribution in [2.24, 2.45) is 11.1 Å². The monoisotopic (exact) mass is 319 g/mol. The zero-order valence-corrected chi connectivity index (χ0v) is 14.2. The smallest absolute Gasteiger partial charge is 0.224 e. The Bertz CT molecular complexity index is 513. The fourth-order valence-electron chi connectivity index (χ4n) is 3.40. The van der Waals surface area contributed by atoms with Gasteiger partial charge in [0.15, 0.2) is 0 Å². The minimum atomic E-state index is 0.260. The third-order valence-corrected chi connectivity index (χ3v) is 4.76. The predicted octanol–water partition coefficient (Wildman–Crippen LogP) is 2.39. The standard InChI is InChI=1S/C17H29N5O/c1-17(2)9-14(23-11-17)10-20-15-7-8-19-16(22-15)21-13-5-3-12(18)4-6-13/h7-8,12-14H,3-6,9-11,18H2,1-2H3,(H2,19,20,21,22). The summed E-state index contributed by atoms with van der Waals surface area (Å²) in [6, 6.07) is 2.70. The number of nitrogens with one attached hydrogen (secondary N) is 2. The maximum atomic E-state index is 5.95. The number of nitrogens with zero attached hydrogens (tertiary/aromatic N) is 2. The summed E-state index contributed by atoms with van der Waals surface area (Å²) >= 11 is 0. The van der Waals surface area contributed by atoms with E-state index < -0.39 is 0 Å². The number of hydrogen-bond acceptors (Lipinski definition) is 6. The summed E-state index contributed by atoms with van der Waals surface area (Å²) in [6.45, 7) is 6.11. The molecule has 0 aromatic carbocycles. The molecule has 1 aromatic heterocycles. The van der Waals surface area contributed by atoms with E-state index in [0.29, 0.717) is 18.0 Å². The first-order valence-electron chi connectivity index (χ1n) is 8.71. The summed E-state index contributed by atoms with van der Waals surface area (Å²) in [5.74, 6) is 1.55. The van der Waals surface area contributed by atoms with E-state index in [-0.39, 0.29) is 11.5 Å². The van der Waals surface area contributed by atoms with Crippen molar-refractivity contribution in [1.82, 2.24) is 9.97 Å². The molecule has 1 atom stereocenters. The number of rotatable bonds is 5. The van der Waals surface area contributed by atoms with Crippen LogP contribution in [0.5, 0.6) is 0 Å². The van der Waals surface area contributed by atoms with Gasteiger partial charge < -0.3 is 21.1 Å². The Morgan fingerprint density at radius 2 is 2.09 bits per heavy atom. The van der Waals surface area contributed by atoms with Crippen molar-refractivity contribution in [3.8, 4) is 0 Å². The minimum Gasteiger partial charge on any atom is -0.376 e. The quantitative estimate of drug-likeness (QED) is 0.773. The Labute approximate surface area is 138 Å². The molecule has 1 aliphatic carbocycles. The van der Waals surface area contributed by atoms with E-state index >= 15 is 0 Å². The second-order valence-corrected chi connectivity index (χ2v) is 7.70. The number of anilines is 2. The first-order chi connectivity index (χ1) is 11.0. The highest BCUT2D eigenvalue weighted by Gasteiger charge is 2.31. The lowest BCUT2D eigenvalue weighted by Crippen LogP contribution is -2.33. The van der Waals surface area contributed by atoms with E-state index in [1.54, 1.807) is 6.20 Å². The fraction of sp³-hybridized carbons (Fsp3) is 0.765. The van der Waals surface area contributed by atoms with E-state index in [0.717, 1.165) is 51.1 Å². The summed E-state index contributed by atoms with van der Waals surface area (Å²) < 4.78 is 5.82. The number of hydrogen-bond donors (Lipinski definition) is 3. The van der Waals surface area contributed by atoms with Crippen molar-refractivity contribution in [2.45, 2.75) is 64.1 Å². The fourth-order valence-corrected chi connectivity index (χ4v) is 3.40. The van der Waals surface area contributed by atoms with Crippen molar-refractivity contribution in [3.63, 3.8) is 0 Å². The summed E-state index contributed by atoms with van der Waals surface area (Å²) in [5.41, 5.74) is 6.24. The van der Waals surface area contributed by atoms with Crippen LogP contribution in [0.25, 0.3) is 0 Å². The Morgan fingerprint density at radius 3 is 2.78 bits per heavy atom. The zero-order valence-electron chi connectivity index (χ0n) is 14.2. The van der Waals surface area contributed by atoms with Gasteiger partial charge in [-0.05, 0) is 43.6 Å². The van der Waals surface area contributed by atoms with E-state index in [9.17, 15) is 0 Å². The predicted molar refractivity (Wildman–Crippen MR) is 92.5 cm³/mol. The second-order valence-electron chi connectivity index (χ2n) is 7.70. The third-order valence-electron chi connectivity index (χ3n) is 4.76. The van der Waals surface area contributed by atoms with Crippen LogP contribution in [0.1, 0.15) is 46.0 Å². The van der Waals surface area contributed by atoms with Gasteiger partial charge in [-0.1, -0.05) is 13.8 Å². The Hall–Kier alpha value is -1.40. The highest BCUT2D eigenvalue weighted by atomic mass is 16.5. The molecular formula is C17H29N5O. The molecule has 23 heavy (non-hydrogen) atoms. The summed E-state index contributed by atoms with van der Waals surface area (Å²) in [7, 11) is 0. The normalized spacial score (nSPS) is 30.1. The average Bonchev–Trinajstić information content (AvgIpc) is 2.87. The van der Waals surface area contributed by atoms with Gasteiger partial charge in [-0.25, -0.2) is 4.98 Å². The Kier molecular flexibility index (Phi) is 5.02. The van der Waals surface area contributed by atoms with Crippen LogP contribution in [0.3, 0.4) is 0 Å². The molecule has 1 aliphatic heterocycles. The van der Waals surface area contributed by atoms with Crippen molar-refractivity contribution < 1.29 is 4.74 Å². The molecule has 2 heterocycles. The van der Waals surface area contributed by atoms with Gasteiger partial charge in [0.05, 0.1) is 12.7 Å². The molecule has 0 radical (unpaired) electrons. The molecule has 1 aromatic rings. The Morgan fingerprint density at radius 1 is 1.30 bits per heavy atom. The molecule has 6 heteroatoms. The highest BCUT2D eigenvalue weighted by Crippen LogP contribution is 2.31. The molecule has 4 N–H and O–H groups in total. The maximum Gasteiger partial charge on any atom is 0.224 e. The van der Waals surface area contributed by atoms with Crippen LogP contribution in [-0.4, -0.2) is 41.3 Å². The van der Waals surface area contributed by atoms with Gasteiger partial charge in [-0.3, -0.25) is 0 Å². The lowest BCUT2D eigenvalue weighted by atomic mass is 9.91. The van der Waals surface area contributed by atoms with Crippen LogP contribution in [0, 0.1) is 5.41 Å². The molecule has 1 saturated carbocycles. The van der Waals surface area contributed by atoms with Crippen LogP contribution in [-0.2, 0) is 4.74 Å². The number of aromatic nitrogens is 2. The molecule has 0 bridgehead atoms. The van der Waals surface area contributed by atoms with Gasteiger partial charge in [0.2, 0.25) is 5.95 Å². The Balaban J connectivity index is 1.49. The van der Waals surface area contributed by atoms with E-state index in [1.807, 2.05) is 6.07 Å². The summed E-state index contributed by atoms with van der Waals surface area (Å²) in [4.78, 5) is 8.89. The van der Waals surface area contributed by atoms with Crippen molar-refractivity contribution >= 4 is 11.8 Å². The first kappa shape index (κ1) is 16.5. The van der Waals surface area contributed by atoms with Crippen LogP contribution in [0.2, 0.25) is 0 Å². The van der Waals surface area contributed by atoms with Crippen LogP contribution in [0.4, 0.5) is 11.8 Å². The molecular weight excluding hydrogens is 290 g/mol. The molecule has 6 nitrogen and oxygen atoms in total. The summed E-state index contributed by atoms with van der Waals surface area (Å²) in [6.07, 6.45) is 7.47. The lowest BCUT2D eigenvalue weighted by molar-refractivity contribution is 0.108. The van der Waals surface area contributed by atoms with Gasteiger partial charge in [0.1, 0.15) is 5.82 Å². The van der Waals surface area contributed by atoms with Gasteiger partial charge in [-0.15, -0.1) is 0 Å². The first-order valence-corrected chi connectivity index (χ1v) is 8.71. The number of ether oxygens (including phenoxy) is 1. The minimum absolute atomic E-state index is 0.260. The van der Waals surface area contributed by atoms with E-state index in [4.69, 9.17) is 10.5 Å². The van der Waals surface area contributed by atoms with Crippen LogP contribution >= 0.6 is 0 Å². The maximum absolute atomic E-state index is 5.95. The second kappa shape index (κ2) is 7.01. The average molecular weight is 319 g/mol. The van der Waals surface area contributed by atoms with Crippen molar-refractivity contribution in [3.05, 3.63) is 12.3 Å². The van der Waals surface area contributed by atoms with Crippen LogP contribution < -0.4 is 16.4 Å². The largest absolute Gasteiger partial charge is 0.376 e. The van der Waals surface area contributed by atoms with Gasteiger partial charge in [0.25, 0.3) is 0 Å². The van der Waals surface area contributed by atoms with Crippen LogP contribution in [0.15, 0.2) is 12.3 Å². The van der Waals surface area contributed by atoms with Gasteiger partial charge >= 0.3 is 0 Å². The molecule has 128 valence electrons. The highest BCUT2D eigenvalue weighted by molar-refractivity contribution is 5.40. The van der Waals surface area contributed by atoms with E-state index in [1.165, 1.54) is 0 Å². The summed E-state index contributed by atoms with van der Waals surface area (Å²) in [5, 5.41) is 6.81. The molecule has 0 spiro atoms. The number of nitrogens with two attached hydrogens (primary N) is 1. The topological polar surface area (TPSA) is 85.1 Å². The van der Waals surface area contributed by atoms with Crippen molar-refractivity contribution in [2.75, 3.05) is 23.8 Å². The molecule has 2 aliphatic rings. The molecule has 0 amide bonds. The SMILES string of the molecule is CC1(C)COC(CNc2ccnc(NC3CCC(N)CC3)n2)C1. The third kappa shape index (κ3) is 4.78. The molecule has 3 rings (SSSR count). The van der Waals surface area contributed by atoms with Crippen molar-refractivity contribution in [1.29, 1.82) is 0 Å². The zero-order chi connectivity index (χ0) is 16.3. The van der Waals surface area contributed by atoms with E-state index in [2.05, 4.69) is 34.4 Å². The molecule has 1 unspecified atom stereocenters. The molecule has 1 saturated heterocycles. The molecule has 2 fully saturated rings. The van der Waals surface area contributed by atoms with Gasteiger partial charge in [-0.2, -0.15) is 4.98 Å².